The average Bonchev–Trinajstić information content (AvgIpc) is 3.03. The zero-order valence-electron chi connectivity index (χ0n) is 12.5. The minimum Gasteiger partial charge on any atom is -0.326 e. The Hall–Kier alpha value is -3.13. The highest BCUT2D eigenvalue weighted by atomic mass is 32.1. The van der Waals surface area contributed by atoms with Crippen molar-refractivity contribution in [2.75, 3.05) is 10.6 Å². The van der Waals surface area contributed by atoms with Crippen molar-refractivity contribution >= 4 is 34.0 Å². The number of carbonyl (C=O) groups is 2. The molecule has 0 saturated heterocycles. The highest BCUT2D eigenvalue weighted by Crippen LogP contribution is 2.17. The zero-order chi connectivity index (χ0) is 16.8. The molecule has 0 spiro atoms. The minimum atomic E-state index is -0.440. The van der Waals surface area contributed by atoms with Gasteiger partial charge in [0, 0.05) is 23.5 Å². The third kappa shape index (κ3) is 4.20. The van der Waals surface area contributed by atoms with Gasteiger partial charge >= 0.3 is 0 Å². The van der Waals surface area contributed by atoms with Crippen molar-refractivity contribution in [1.82, 2.24) is 15.0 Å². The Kier molecular flexibility index (Phi) is 4.87. The number of carbonyl (C=O) groups excluding carboxylic acids is 2. The number of rotatable bonds is 5. The molecule has 0 aliphatic carbocycles. The van der Waals surface area contributed by atoms with Crippen LogP contribution < -0.4 is 10.6 Å². The van der Waals surface area contributed by atoms with E-state index in [2.05, 4.69) is 25.6 Å². The summed E-state index contributed by atoms with van der Waals surface area (Å²) >= 11 is 1.24. The van der Waals surface area contributed by atoms with E-state index in [1.807, 2.05) is 30.3 Å². The molecule has 2 aromatic heterocycles. The van der Waals surface area contributed by atoms with Gasteiger partial charge in [0.25, 0.3) is 5.91 Å². The van der Waals surface area contributed by atoms with E-state index in [0.717, 1.165) is 5.69 Å². The monoisotopic (exact) mass is 339 g/mol. The van der Waals surface area contributed by atoms with Gasteiger partial charge in [0.15, 0.2) is 5.13 Å². The van der Waals surface area contributed by atoms with Gasteiger partial charge < -0.3 is 5.32 Å². The van der Waals surface area contributed by atoms with Gasteiger partial charge in [-0.05, 0) is 18.2 Å². The van der Waals surface area contributed by atoms with Gasteiger partial charge in [-0.1, -0.05) is 18.2 Å². The molecule has 120 valence electrons. The van der Waals surface area contributed by atoms with E-state index in [-0.39, 0.29) is 18.2 Å². The number of nitrogens with one attached hydrogen (secondary N) is 2. The van der Waals surface area contributed by atoms with Gasteiger partial charge in [-0.3, -0.25) is 14.9 Å². The van der Waals surface area contributed by atoms with Crippen LogP contribution in [-0.2, 0) is 11.2 Å². The molecule has 8 heteroatoms. The van der Waals surface area contributed by atoms with Crippen molar-refractivity contribution in [3.63, 3.8) is 0 Å². The number of benzene rings is 1. The molecule has 0 aliphatic heterocycles. The van der Waals surface area contributed by atoms with Crippen molar-refractivity contribution in [1.29, 1.82) is 0 Å². The normalized spacial score (nSPS) is 10.2. The summed E-state index contributed by atoms with van der Waals surface area (Å²) in [5.41, 5.74) is 1.31. The summed E-state index contributed by atoms with van der Waals surface area (Å²) in [6.45, 7) is 0. The van der Waals surface area contributed by atoms with Gasteiger partial charge in [0.05, 0.1) is 12.1 Å². The van der Waals surface area contributed by atoms with Crippen LogP contribution in [0.2, 0.25) is 0 Å². The topological polar surface area (TPSA) is 96.9 Å². The molecule has 2 N–H and O–H groups in total. The molecule has 2 amide bonds. The first kappa shape index (κ1) is 15.8. The van der Waals surface area contributed by atoms with Crippen LogP contribution in [0.4, 0.5) is 10.8 Å². The third-order valence-corrected chi connectivity index (χ3v) is 3.75. The lowest BCUT2D eigenvalue weighted by Crippen LogP contribution is -2.16. The molecule has 7 nitrogen and oxygen atoms in total. The van der Waals surface area contributed by atoms with Crippen LogP contribution >= 0.6 is 11.3 Å². The molecule has 3 rings (SSSR count). The Bertz CT molecular complexity index is 836. The number of thiazole rings is 1. The highest BCUT2D eigenvalue weighted by Gasteiger charge is 2.12. The Balaban J connectivity index is 1.57. The maximum Gasteiger partial charge on any atom is 0.295 e. The quantitative estimate of drug-likeness (QED) is 0.744. The van der Waals surface area contributed by atoms with Gasteiger partial charge in [-0.25, -0.2) is 15.0 Å². The number of para-hydroxylation sites is 1. The molecule has 2 heterocycles. The van der Waals surface area contributed by atoms with E-state index in [9.17, 15) is 9.59 Å². The molecule has 0 radical (unpaired) electrons. The first-order chi connectivity index (χ1) is 11.7. The molecule has 1 aromatic carbocycles. The van der Waals surface area contributed by atoms with Crippen molar-refractivity contribution in [2.45, 2.75) is 6.42 Å². The number of amides is 2. The number of anilines is 2. The van der Waals surface area contributed by atoms with Gasteiger partial charge in [-0.2, -0.15) is 0 Å². The molecule has 0 bridgehead atoms. The first-order valence-corrected chi connectivity index (χ1v) is 7.96. The summed E-state index contributed by atoms with van der Waals surface area (Å²) < 4.78 is 0. The van der Waals surface area contributed by atoms with Gasteiger partial charge in [0.1, 0.15) is 0 Å². The summed E-state index contributed by atoms with van der Waals surface area (Å²) in [4.78, 5) is 35.9. The summed E-state index contributed by atoms with van der Waals surface area (Å²) in [6.07, 6.45) is 3.11. The second kappa shape index (κ2) is 7.42. The average molecular weight is 339 g/mol. The Morgan fingerprint density at radius 2 is 1.75 bits per heavy atom. The minimum absolute atomic E-state index is 0.0658. The molecule has 0 unspecified atom stereocenters. The Morgan fingerprint density at radius 1 is 1.00 bits per heavy atom. The molecule has 0 saturated carbocycles. The zero-order valence-corrected chi connectivity index (χ0v) is 13.3. The lowest BCUT2D eigenvalue weighted by molar-refractivity contribution is -0.115. The summed E-state index contributed by atoms with van der Waals surface area (Å²) in [6, 6.07) is 10.8. The predicted molar refractivity (Wildman–Crippen MR) is 90.9 cm³/mol. The van der Waals surface area contributed by atoms with Crippen molar-refractivity contribution in [3.05, 3.63) is 65.7 Å². The van der Waals surface area contributed by atoms with E-state index in [1.165, 1.54) is 23.7 Å². The second-order valence-corrected chi connectivity index (χ2v) is 5.62. The highest BCUT2D eigenvalue weighted by molar-refractivity contribution is 7.14. The molecular formula is C16H13N5O2S. The Morgan fingerprint density at radius 3 is 2.50 bits per heavy atom. The molecule has 3 aromatic rings. The fourth-order valence-electron chi connectivity index (χ4n) is 1.91. The Labute approximate surface area is 141 Å². The van der Waals surface area contributed by atoms with Crippen molar-refractivity contribution < 1.29 is 9.59 Å². The van der Waals surface area contributed by atoms with Gasteiger partial charge in [-0.15, -0.1) is 11.3 Å². The summed E-state index contributed by atoms with van der Waals surface area (Å²) in [5, 5.41) is 7.52. The summed E-state index contributed by atoms with van der Waals surface area (Å²) in [5.74, 6) is -0.544. The molecule has 0 fully saturated rings. The van der Waals surface area contributed by atoms with E-state index >= 15 is 0 Å². The number of aromatic nitrogens is 3. The fraction of sp³-hybridized carbons (Fsp3) is 0.0625. The number of hydrogen-bond acceptors (Lipinski definition) is 6. The molecule has 24 heavy (non-hydrogen) atoms. The number of hydrogen-bond donors (Lipinski definition) is 2. The predicted octanol–water partition coefficient (Wildman–Crippen LogP) is 2.37. The fourth-order valence-corrected chi connectivity index (χ4v) is 2.61. The van der Waals surface area contributed by atoms with Crippen molar-refractivity contribution in [3.8, 4) is 0 Å². The standard InChI is InChI=1S/C16H13N5O2S/c22-13(19-11-5-2-1-3-6-11)9-12-10-24-16(20-12)21-15(23)14-17-7-4-8-18-14/h1-8,10H,9H2,(H,19,22)(H,20,21,23). The van der Waals surface area contributed by atoms with E-state index in [0.29, 0.717) is 10.8 Å². The SMILES string of the molecule is O=C(Cc1csc(NC(=O)c2ncccn2)n1)Nc1ccccc1. The van der Waals surface area contributed by atoms with Crippen LogP contribution in [0.3, 0.4) is 0 Å². The summed E-state index contributed by atoms with van der Waals surface area (Å²) in [7, 11) is 0. The largest absolute Gasteiger partial charge is 0.326 e. The first-order valence-electron chi connectivity index (χ1n) is 7.08. The van der Waals surface area contributed by atoms with E-state index in [4.69, 9.17) is 0 Å². The smallest absolute Gasteiger partial charge is 0.295 e. The molecule has 0 aliphatic rings. The van der Waals surface area contributed by atoms with Crippen LogP contribution in [0.15, 0.2) is 54.2 Å². The molecular weight excluding hydrogens is 326 g/mol. The second-order valence-electron chi connectivity index (χ2n) is 4.76. The molecule has 0 atom stereocenters. The van der Waals surface area contributed by atoms with Crippen LogP contribution in [0.25, 0.3) is 0 Å². The van der Waals surface area contributed by atoms with E-state index < -0.39 is 5.91 Å². The maximum absolute atomic E-state index is 12.0. The lowest BCUT2D eigenvalue weighted by Gasteiger charge is -2.03. The van der Waals surface area contributed by atoms with Crippen LogP contribution in [0.5, 0.6) is 0 Å². The maximum atomic E-state index is 12.0. The van der Waals surface area contributed by atoms with Crippen LogP contribution in [-0.4, -0.2) is 26.8 Å². The lowest BCUT2D eigenvalue weighted by atomic mass is 10.3. The van der Waals surface area contributed by atoms with Crippen LogP contribution in [0.1, 0.15) is 16.3 Å². The number of nitrogens with zero attached hydrogens (tertiary/aromatic N) is 3. The van der Waals surface area contributed by atoms with Crippen LogP contribution in [0, 0.1) is 0 Å². The van der Waals surface area contributed by atoms with E-state index in [1.54, 1.807) is 11.4 Å². The van der Waals surface area contributed by atoms with Crippen molar-refractivity contribution in [2.24, 2.45) is 0 Å². The third-order valence-electron chi connectivity index (χ3n) is 2.94. The van der Waals surface area contributed by atoms with Gasteiger partial charge in [0.2, 0.25) is 11.7 Å².